The minimum absolute atomic E-state index is 0.108. The highest BCUT2D eigenvalue weighted by Gasteiger charge is 2.38. The van der Waals surface area contributed by atoms with E-state index in [1.165, 1.54) is 143 Å². The summed E-state index contributed by atoms with van der Waals surface area (Å²) in [6, 6.07) is 91.5. The molecule has 1 heteroatoms. The van der Waals surface area contributed by atoms with Gasteiger partial charge in [0, 0.05) is 10.8 Å². The van der Waals surface area contributed by atoms with Crippen molar-refractivity contribution in [2.75, 3.05) is 0 Å². The Kier molecular flexibility index (Phi) is 9.72. The monoisotopic (exact) mass is 1010 g/mol. The first-order valence-corrected chi connectivity index (χ1v) is 27.8. The Bertz CT molecular complexity index is 4780. The maximum atomic E-state index is 14.3. The van der Waals surface area contributed by atoms with Crippen molar-refractivity contribution in [1.29, 1.82) is 0 Å². The Morgan fingerprint density at radius 2 is 0.443 bits per heavy atom. The van der Waals surface area contributed by atoms with Crippen molar-refractivity contribution >= 4 is 64.6 Å². The van der Waals surface area contributed by atoms with Crippen LogP contribution in [0.25, 0.3) is 143 Å². The summed E-state index contributed by atoms with van der Waals surface area (Å²) in [5.41, 5.74) is 22.4. The van der Waals surface area contributed by atoms with Crippen molar-refractivity contribution < 1.29 is 4.39 Å². The minimum Gasteiger partial charge on any atom is -0.207 e. The second-order valence-corrected chi connectivity index (χ2v) is 23.1. The molecule has 0 spiro atoms. The Morgan fingerprint density at radius 1 is 0.215 bits per heavy atom. The molecule has 0 N–H and O–H groups in total. The Morgan fingerprint density at radius 3 is 0.759 bits per heavy atom. The third-order valence-electron chi connectivity index (χ3n) is 18.3. The molecular weight excluding hydrogens is 956 g/mol. The number of halogens is 1. The van der Waals surface area contributed by atoms with Crippen LogP contribution in [0.2, 0.25) is 0 Å². The molecule has 16 rings (SSSR count). The van der Waals surface area contributed by atoms with Crippen molar-refractivity contribution in [2.24, 2.45) is 0 Å². The normalized spacial score (nSPS) is 13.8. The van der Waals surface area contributed by atoms with Gasteiger partial charge >= 0.3 is 0 Å². The molecule has 0 aliphatic heterocycles. The summed E-state index contributed by atoms with van der Waals surface area (Å²) >= 11 is 0. The van der Waals surface area contributed by atoms with Gasteiger partial charge in [0.05, 0.1) is 0 Å². The van der Waals surface area contributed by atoms with Crippen LogP contribution in [0.3, 0.4) is 0 Å². The van der Waals surface area contributed by atoms with Gasteiger partial charge < -0.3 is 0 Å². The van der Waals surface area contributed by atoms with Gasteiger partial charge in [-0.2, -0.15) is 0 Å². The third kappa shape index (κ3) is 6.48. The minimum atomic E-state index is -0.292. The second-order valence-electron chi connectivity index (χ2n) is 23.1. The van der Waals surface area contributed by atoms with Gasteiger partial charge in [-0.25, -0.2) is 4.39 Å². The smallest absolute Gasteiger partial charge is 0.123 e. The molecule has 0 bridgehead atoms. The van der Waals surface area contributed by atoms with Crippen molar-refractivity contribution in [2.45, 2.75) is 38.5 Å². The van der Waals surface area contributed by atoms with E-state index in [4.69, 9.17) is 0 Å². The Labute approximate surface area is 459 Å². The third-order valence-corrected chi connectivity index (χ3v) is 18.3. The molecule has 2 aliphatic carbocycles. The van der Waals surface area contributed by atoms with Crippen LogP contribution in [-0.4, -0.2) is 0 Å². The van der Waals surface area contributed by atoms with Gasteiger partial charge in [0.2, 0.25) is 0 Å². The number of benzene rings is 14. The molecule has 0 saturated carbocycles. The first-order valence-electron chi connectivity index (χ1n) is 27.8. The molecule has 0 heterocycles. The van der Waals surface area contributed by atoms with E-state index in [9.17, 15) is 4.39 Å². The van der Waals surface area contributed by atoms with Crippen LogP contribution >= 0.6 is 0 Å². The fourth-order valence-electron chi connectivity index (χ4n) is 14.7. The topological polar surface area (TPSA) is 0 Å². The van der Waals surface area contributed by atoms with Crippen molar-refractivity contribution in [3.63, 3.8) is 0 Å². The molecule has 0 atom stereocenters. The number of hydrogen-bond donors (Lipinski definition) is 0. The first kappa shape index (κ1) is 45.7. The van der Waals surface area contributed by atoms with E-state index >= 15 is 0 Å². The lowest BCUT2D eigenvalue weighted by Gasteiger charge is -2.25. The molecule has 14 aromatic carbocycles. The van der Waals surface area contributed by atoms with Gasteiger partial charge in [0.25, 0.3) is 0 Å². The number of fused-ring (bicyclic) bond motifs is 12. The second kappa shape index (κ2) is 16.8. The molecule has 0 unspecified atom stereocenters. The van der Waals surface area contributed by atoms with E-state index in [0.29, 0.717) is 0 Å². The van der Waals surface area contributed by atoms with E-state index in [0.717, 1.165) is 21.9 Å². The van der Waals surface area contributed by atoms with Gasteiger partial charge in [-0.3, -0.25) is 0 Å². The quantitative estimate of drug-likeness (QED) is 0.151. The average Bonchev–Trinajstić information content (AvgIpc) is 3.98. The highest BCUT2D eigenvalue weighted by Crippen LogP contribution is 2.56. The summed E-state index contributed by atoms with van der Waals surface area (Å²) in [6.45, 7) is 9.56. The van der Waals surface area contributed by atoms with E-state index < -0.39 is 0 Å². The first-order chi connectivity index (χ1) is 38.6. The van der Waals surface area contributed by atoms with Crippen LogP contribution in [0.1, 0.15) is 49.9 Å². The molecule has 0 nitrogen and oxygen atoms in total. The molecular formula is C78H53F. The predicted octanol–water partition coefficient (Wildman–Crippen LogP) is 21.7. The van der Waals surface area contributed by atoms with Crippen LogP contribution in [-0.2, 0) is 10.8 Å². The Balaban J connectivity index is 0.864. The van der Waals surface area contributed by atoms with Crippen molar-refractivity contribution in [1.82, 2.24) is 0 Å². The van der Waals surface area contributed by atoms with Crippen LogP contribution in [0.5, 0.6) is 0 Å². The average molecular weight is 1010 g/mol. The molecule has 0 saturated heterocycles. The van der Waals surface area contributed by atoms with E-state index in [1.54, 1.807) is 12.1 Å². The van der Waals surface area contributed by atoms with Gasteiger partial charge in [0.1, 0.15) is 5.82 Å². The highest BCUT2D eigenvalue weighted by atomic mass is 19.1. The lowest BCUT2D eigenvalue weighted by atomic mass is 9.78. The summed E-state index contributed by atoms with van der Waals surface area (Å²) < 4.78 is 14.3. The molecule has 0 fully saturated rings. The van der Waals surface area contributed by atoms with Crippen LogP contribution in [0.4, 0.5) is 4.39 Å². The van der Waals surface area contributed by atoms with Crippen molar-refractivity contribution in [3.05, 3.63) is 277 Å². The van der Waals surface area contributed by atoms with E-state index in [2.05, 4.69) is 252 Å². The summed E-state index contributed by atoms with van der Waals surface area (Å²) in [6.07, 6.45) is 0. The van der Waals surface area contributed by atoms with E-state index in [-0.39, 0.29) is 16.6 Å². The van der Waals surface area contributed by atoms with Gasteiger partial charge in [0.15, 0.2) is 0 Å². The zero-order valence-electron chi connectivity index (χ0n) is 44.5. The molecule has 372 valence electrons. The molecule has 2 aliphatic rings. The van der Waals surface area contributed by atoms with Crippen LogP contribution < -0.4 is 0 Å². The molecule has 0 aromatic heterocycles. The maximum Gasteiger partial charge on any atom is 0.123 e. The highest BCUT2D eigenvalue weighted by molar-refractivity contribution is 6.30. The number of hydrogen-bond acceptors (Lipinski definition) is 0. The van der Waals surface area contributed by atoms with E-state index in [1.807, 2.05) is 12.1 Å². The lowest BCUT2D eigenvalue weighted by Crippen LogP contribution is -2.15. The zero-order valence-corrected chi connectivity index (χ0v) is 44.5. The fraction of sp³-hybridized carbons (Fsp3) is 0.0769. The predicted molar refractivity (Wildman–Crippen MR) is 334 cm³/mol. The number of rotatable bonds is 5. The summed E-state index contributed by atoms with van der Waals surface area (Å²) in [4.78, 5) is 0. The molecule has 14 aromatic rings. The molecule has 0 radical (unpaired) electrons. The maximum absolute atomic E-state index is 14.3. The summed E-state index contributed by atoms with van der Waals surface area (Å²) in [5, 5.41) is 14.7. The fourth-order valence-corrected chi connectivity index (χ4v) is 14.7. The van der Waals surface area contributed by atoms with Crippen LogP contribution in [0.15, 0.2) is 249 Å². The Hall–Kier alpha value is -9.43. The van der Waals surface area contributed by atoms with Gasteiger partial charge in [-0.05, 0) is 195 Å². The molecule has 79 heavy (non-hydrogen) atoms. The summed E-state index contributed by atoms with van der Waals surface area (Å²) in [7, 11) is 0. The zero-order chi connectivity index (χ0) is 52.9. The van der Waals surface area contributed by atoms with Gasteiger partial charge in [-0.15, -0.1) is 0 Å². The standard InChI is InChI=1S/C78H53F/c1-77(2)67-32-18-17-19-51(67)52-40-35-47(43-68(52)77)73-59-24-9-13-28-63(59)75(64-29-14-10-25-60(64)73)76-65-30-15-11-26-61(65)74(62-27-12-16-31-66(62)76)49-37-42-54-53-41-36-48(44-69(53)78(3,4)70(54)45-49)72-57-22-7-5-20-55(57)71(46-33-38-50(79)39-34-46)56-21-6-8-23-58(56)72/h5-45H,1-4H3. The van der Waals surface area contributed by atoms with Crippen molar-refractivity contribution in [3.8, 4) is 77.9 Å². The van der Waals surface area contributed by atoms with Gasteiger partial charge in [-0.1, -0.05) is 246 Å². The lowest BCUT2D eigenvalue weighted by molar-refractivity contribution is 0.628. The largest absolute Gasteiger partial charge is 0.207 e. The summed E-state index contributed by atoms with van der Waals surface area (Å²) in [5.74, 6) is -0.231. The van der Waals surface area contributed by atoms with Crippen LogP contribution in [0, 0.1) is 5.82 Å². The molecule has 0 amide bonds. The SMILES string of the molecule is CC1(C)c2ccccc2-c2ccc(-c3c4ccccc4c(-c4c5ccccc5c(-c5ccc6c(c5)C(C)(C)c5cc(-c7c8ccccc8c(-c8ccc(F)cc8)c8ccccc78)ccc5-6)c5ccccc45)c4ccccc34)cc21.